The van der Waals surface area contributed by atoms with Crippen LogP contribution in [0.25, 0.3) is 33.1 Å². The molecule has 4 aromatic rings. The number of nitrogens with zero attached hydrogens (tertiary/aromatic N) is 3. The lowest BCUT2D eigenvalue weighted by Gasteiger charge is -2.30. The number of nitroso groups, excluding NO2 is 1. The number of piperidine rings is 1. The zero-order valence-electron chi connectivity index (χ0n) is 16.0. The molecule has 1 aliphatic rings. The van der Waals surface area contributed by atoms with Crippen molar-refractivity contribution >= 4 is 27.4 Å². The van der Waals surface area contributed by atoms with E-state index < -0.39 is 0 Å². The van der Waals surface area contributed by atoms with Crippen LogP contribution in [0.3, 0.4) is 0 Å². The van der Waals surface area contributed by atoms with Crippen molar-refractivity contribution in [3.05, 3.63) is 65.3 Å². The van der Waals surface area contributed by atoms with Crippen LogP contribution < -0.4 is 5.73 Å². The third-order valence-corrected chi connectivity index (χ3v) is 5.74. The number of rotatable bonds is 4. The number of aromatic nitrogens is 1. The lowest BCUT2D eigenvalue weighted by Crippen LogP contribution is -2.39. The van der Waals surface area contributed by atoms with Gasteiger partial charge in [-0.15, -0.1) is 4.91 Å². The molecule has 2 aromatic carbocycles. The second-order valence-corrected chi connectivity index (χ2v) is 7.75. The molecule has 0 spiro atoms. The van der Waals surface area contributed by atoms with E-state index in [1.54, 1.807) is 12.4 Å². The lowest BCUT2D eigenvalue weighted by atomic mass is 10.00. The molecule has 0 bridgehead atoms. The molecule has 0 aliphatic carbocycles. The SMILES string of the molecule is NC1CCN(Cc2cc(N=O)c3cncc(-c4cc5ccccc5o4)c3c2)CC1. The van der Waals surface area contributed by atoms with Crippen LogP contribution in [0.2, 0.25) is 0 Å². The Hall–Kier alpha value is -3.09. The summed E-state index contributed by atoms with van der Waals surface area (Å²) in [5.74, 6) is 0.738. The molecular formula is C23H22N4O2. The molecule has 29 heavy (non-hydrogen) atoms. The number of hydrogen-bond donors (Lipinski definition) is 1. The van der Waals surface area contributed by atoms with Gasteiger partial charge in [0.05, 0.1) is 0 Å². The van der Waals surface area contributed by atoms with Crippen molar-refractivity contribution in [1.82, 2.24) is 9.88 Å². The standard InChI is InChI=1S/C23H22N4O2/c24-17-5-7-27(8-6-17)14-15-9-18-19(21(10-15)26-28)12-25-13-20(18)23-11-16-3-1-2-4-22(16)29-23/h1-4,9-13,17H,5-8,14,24H2. The smallest absolute Gasteiger partial charge is 0.137 e. The van der Waals surface area contributed by atoms with Gasteiger partial charge in [0.2, 0.25) is 0 Å². The molecule has 0 radical (unpaired) electrons. The highest BCUT2D eigenvalue weighted by molar-refractivity contribution is 6.02. The summed E-state index contributed by atoms with van der Waals surface area (Å²) in [5, 5.41) is 5.99. The molecule has 0 atom stereocenters. The Morgan fingerprint density at radius 1 is 1.10 bits per heavy atom. The monoisotopic (exact) mass is 386 g/mol. The first-order valence-electron chi connectivity index (χ1n) is 9.92. The van der Waals surface area contributed by atoms with Crippen molar-refractivity contribution < 1.29 is 4.42 Å². The van der Waals surface area contributed by atoms with Gasteiger partial charge in [0.1, 0.15) is 17.0 Å². The van der Waals surface area contributed by atoms with Crippen LogP contribution in [0.5, 0.6) is 0 Å². The molecule has 6 heteroatoms. The summed E-state index contributed by atoms with van der Waals surface area (Å²) in [4.78, 5) is 18.3. The fraction of sp³-hybridized carbons (Fsp3) is 0.261. The molecule has 1 saturated heterocycles. The van der Waals surface area contributed by atoms with Gasteiger partial charge in [0.15, 0.2) is 0 Å². The van der Waals surface area contributed by atoms with E-state index in [1.807, 2.05) is 36.4 Å². The molecule has 1 fully saturated rings. The van der Waals surface area contributed by atoms with E-state index in [9.17, 15) is 4.91 Å². The van der Waals surface area contributed by atoms with E-state index in [4.69, 9.17) is 10.2 Å². The van der Waals surface area contributed by atoms with Gasteiger partial charge in [-0.05, 0) is 66.3 Å². The van der Waals surface area contributed by atoms with Crippen molar-refractivity contribution in [2.75, 3.05) is 13.1 Å². The Balaban J connectivity index is 1.60. The summed E-state index contributed by atoms with van der Waals surface area (Å²) in [6.45, 7) is 2.71. The van der Waals surface area contributed by atoms with Crippen LogP contribution in [0.4, 0.5) is 5.69 Å². The Labute approximate surface area is 168 Å². The maximum Gasteiger partial charge on any atom is 0.137 e. The minimum absolute atomic E-state index is 0.292. The molecular weight excluding hydrogens is 364 g/mol. The van der Waals surface area contributed by atoms with Gasteiger partial charge in [0.25, 0.3) is 0 Å². The van der Waals surface area contributed by atoms with Crippen molar-refractivity contribution in [2.45, 2.75) is 25.4 Å². The summed E-state index contributed by atoms with van der Waals surface area (Å²) in [7, 11) is 0. The minimum atomic E-state index is 0.292. The topological polar surface area (TPSA) is 84.7 Å². The lowest BCUT2D eigenvalue weighted by molar-refractivity contribution is 0.206. The zero-order valence-corrected chi connectivity index (χ0v) is 16.0. The fourth-order valence-corrected chi connectivity index (χ4v) is 4.16. The van der Waals surface area contributed by atoms with E-state index in [0.29, 0.717) is 11.7 Å². The van der Waals surface area contributed by atoms with E-state index in [0.717, 1.165) is 71.1 Å². The zero-order chi connectivity index (χ0) is 19.8. The highest BCUT2D eigenvalue weighted by Gasteiger charge is 2.18. The summed E-state index contributed by atoms with van der Waals surface area (Å²) in [5.41, 5.74) is 9.20. The number of pyridine rings is 1. The molecule has 6 nitrogen and oxygen atoms in total. The predicted octanol–water partition coefficient (Wildman–Crippen LogP) is 4.97. The normalized spacial score (nSPS) is 15.9. The first-order valence-corrected chi connectivity index (χ1v) is 9.92. The molecule has 3 heterocycles. The van der Waals surface area contributed by atoms with E-state index in [2.05, 4.69) is 21.1 Å². The molecule has 2 N–H and O–H groups in total. The summed E-state index contributed by atoms with van der Waals surface area (Å²) in [6, 6.07) is 14.2. The van der Waals surface area contributed by atoms with Gasteiger partial charge in [-0.2, -0.15) is 0 Å². The number of benzene rings is 2. The highest BCUT2D eigenvalue weighted by atomic mass is 16.3. The van der Waals surface area contributed by atoms with E-state index >= 15 is 0 Å². The van der Waals surface area contributed by atoms with Crippen molar-refractivity contribution in [2.24, 2.45) is 10.9 Å². The van der Waals surface area contributed by atoms with Gasteiger partial charge in [-0.1, -0.05) is 18.2 Å². The second-order valence-electron chi connectivity index (χ2n) is 7.75. The number of likely N-dealkylation sites (tertiary alicyclic amines) is 1. The molecule has 2 aromatic heterocycles. The number of furan rings is 1. The average molecular weight is 386 g/mol. The van der Waals surface area contributed by atoms with Gasteiger partial charge in [-0.3, -0.25) is 9.88 Å². The number of hydrogen-bond acceptors (Lipinski definition) is 6. The Morgan fingerprint density at radius 2 is 1.93 bits per heavy atom. The quantitative estimate of drug-likeness (QED) is 0.501. The fourth-order valence-electron chi connectivity index (χ4n) is 4.16. The molecule has 0 amide bonds. The largest absolute Gasteiger partial charge is 0.456 e. The first kappa shape index (κ1) is 18.0. The van der Waals surface area contributed by atoms with Crippen molar-refractivity contribution in [1.29, 1.82) is 0 Å². The molecule has 1 aliphatic heterocycles. The van der Waals surface area contributed by atoms with Crippen LogP contribution in [0.15, 0.2) is 64.5 Å². The molecule has 146 valence electrons. The van der Waals surface area contributed by atoms with Crippen LogP contribution in [-0.2, 0) is 6.54 Å². The maximum atomic E-state index is 11.6. The van der Waals surface area contributed by atoms with Crippen LogP contribution in [0.1, 0.15) is 18.4 Å². The Morgan fingerprint density at radius 3 is 2.72 bits per heavy atom. The van der Waals surface area contributed by atoms with Crippen molar-refractivity contribution in [3.63, 3.8) is 0 Å². The van der Waals surface area contributed by atoms with Gasteiger partial charge in [0, 0.05) is 41.3 Å². The average Bonchev–Trinajstić information content (AvgIpc) is 3.18. The summed E-state index contributed by atoms with van der Waals surface area (Å²) in [6.07, 6.45) is 5.49. The van der Waals surface area contributed by atoms with Gasteiger partial charge in [-0.25, -0.2) is 0 Å². The Kier molecular flexibility index (Phi) is 4.58. The third kappa shape index (κ3) is 3.41. The van der Waals surface area contributed by atoms with Crippen molar-refractivity contribution in [3.8, 4) is 11.3 Å². The van der Waals surface area contributed by atoms with E-state index in [-0.39, 0.29) is 0 Å². The highest BCUT2D eigenvalue weighted by Crippen LogP contribution is 2.36. The summed E-state index contributed by atoms with van der Waals surface area (Å²) >= 11 is 0. The first-order chi connectivity index (χ1) is 14.2. The molecule has 0 unspecified atom stereocenters. The second kappa shape index (κ2) is 7.39. The van der Waals surface area contributed by atoms with Gasteiger partial charge >= 0.3 is 0 Å². The third-order valence-electron chi connectivity index (χ3n) is 5.74. The molecule has 5 rings (SSSR count). The maximum absolute atomic E-state index is 11.6. The minimum Gasteiger partial charge on any atom is -0.456 e. The van der Waals surface area contributed by atoms with Gasteiger partial charge < -0.3 is 10.2 Å². The number of fused-ring (bicyclic) bond motifs is 2. The number of nitrogens with two attached hydrogens (primary N) is 1. The van der Waals surface area contributed by atoms with Crippen LogP contribution in [0, 0.1) is 4.91 Å². The van der Waals surface area contributed by atoms with Crippen LogP contribution >= 0.6 is 0 Å². The van der Waals surface area contributed by atoms with E-state index in [1.165, 1.54) is 0 Å². The number of para-hydroxylation sites is 1. The summed E-state index contributed by atoms with van der Waals surface area (Å²) < 4.78 is 6.06. The molecule has 0 saturated carbocycles. The van der Waals surface area contributed by atoms with Crippen LogP contribution in [-0.4, -0.2) is 29.0 Å². The predicted molar refractivity (Wildman–Crippen MR) is 115 cm³/mol. The Bertz CT molecular complexity index is 1160.